The Balaban J connectivity index is 1.85. The van der Waals surface area contributed by atoms with Crippen molar-refractivity contribution in [2.24, 2.45) is 0 Å². The van der Waals surface area contributed by atoms with Crippen LogP contribution in [0.4, 0.5) is 13.2 Å². The number of nitrogens with zero attached hydrogens (tertiary/aromatic N) is 1. The Morgan fingerprint density at radius 2 is 1.50 bits per heavy atom. The fourth-order valence-corrected chi connectivity index (χ4v) is 1.85. The van der Waals surface area contributed by atoms with Crippen LogP contribution in [-0.4, -0.2) is 16.8 Å². The summed E-state index contributed by atoms with van der Waals surface area (Å²) < 4.78 is 37.6. The zero-order valence-corrected chi connectivity index (χ0v) is 12.4. The maximum atomic E-state index is 12.5. The van der Waals surface area contributed by atoms with E-state index in [2.05, 4.69) is 15.6 Å². The van der Waals surface area contributed by atoms with Gasteiger partial charge in [-0.05, 0) is 17.7 Å². The second kappa shape index (κ2) is 7.58. The Morgan fingerprint density at radius 1 is 0.875 bits per heavy atom. The summed E-state index contributed by atoms with van der Waals surface area (Å²) in [6.07, 6.45) is -4.56. The monoisotopic (exact) mass is 337 g/mol. The topological polar surface area (TPSA) is 71.1 Å². The second-order valence-electron chi connectivity index (χ2n) is 4.86. The number of halogens is 3. The van der Waals surface area contributed by atoms with E-state index in [1.54, 1.807) is 24.3 Å². The van der Waals surface area contributed by atoms with Crippen LogP contribution in [0.25, 0.3) is 0 Å². The quantitative estimate of drug-likeness (QED) is 0.839. The van der Waals surface area contributed by atoms with Crippen LogP contribution in [0.1, 0.15) is 17.0 Å². The average Bonchev–Trinajstić information content (AvgIpc) is 2.58. The number of nitrogens with one attached hydrogen (secondary N) is 2. The highest BCUT2D eigenvalue weighted by Gasteiger charge is 2.32. The number of aromatic nitrogens is 1. The summed E-state index contributed by atoms with van der Waals surface area (Å²) >= 11 is 0. The number of hydrogen-bond donors (Lipinski definition) is 2. The van der Waals surface area contributed by atoms with Crippen molar-refractivity contribution < 1.29 is 22.8 Å². The van der Waals surface area contributed by atoms with Gasteiger partial charge in [-0.1, -0.05) is 36.4 Å². The standard InChI is InChI=1S/C16H14F3N3O2/c17-16(18,19)13-8-4-7-12(22-13)10-21-15(24)14(23)20-9-11-5-2-1-3-6-11/h1-8H,9-10H2,(H,20,23)(H,21,24). The number of alkyl halides is 3. The molecule has 2 N–H and O–H groups in total. The molecule has 2 rings (SSSR count). The van der Waals surface area contributed by atoms with Crippen molar-refractivity contribution in [1.29, 1.82) is 0 Å². The zero-order chi connectivity index (χ0) is 17.6. The molecule has 8 heteroatoms. The number of hydrogen-bond acceptors (Lipinski definition) is 3. The summed E-state index contributed by atoms with van der Waals surface area (Å²) in [4.78, 5) is 26.7. The molecule has 0 aliphatic carbocycles. The summed E-state index contributed by atoms with van der Waals surface area (Å²) in [5, 5.41) is 4.65. The van der Waals surface area contributed by atoms with E-state index in [4.69, 9.17) is 0 Å². The summed E-state index contributed by atoms with van der Waals surface area (Å²) in [7, 11) is 0. The van der Waals surface area contributed by atoms with Gasteiger partial charge in [-0.15, -0.1) is 0 Å². The fraction of sp³-hybridized carbons (Fsp3) is 0.188. The maximum Gasteiger partial charge on any atom is 0.433 e. The Kier molecular flexibility index (Phi) is 5.51. The largest absolute Gasteiger partial charge is 0.433 e. The third-order valence-electron chi connectivity index (χ3n) is 3.03. The van der Waals surface area contributed by atoms with E-state index >= 15 is 0 Å². The minimum Gasteiger partial charge on any atom is -0.344 e. The first-order chi connectivity index (χ1) is 11.4. The van der Waals surface area contributed by atoms with Crippen LogP contribution in [0.2, 0.25) is 0 Å². The molecule has 0 saturated heterocycles. The molecule has 0 aliphatic heterocycles. The number of carbonyl (C=O) groups excluding carboxylic acids is 2. The predicted octanol–water partition coefficient (Wildman–Crippen LogP) is 2.03. The molecular weight excluding hydrogens is 323 g/mol. The molecule has 0 atom stereocenters. The smallest absolute Gasteiger partial charge is 0.344 e. The molecule has 24 heavy (non-hydrogen) atoms. The molecule has 0 unspecified atom stereocenters. The average molecular weight is 337 g/mol. The molecule has 0 spiro atoms. The molecule has 5 nitrogen and oxygen atoms in total. The lowest BCUT2D eigenvalue weighted by molar-refractivity contribution is -0.141. The third-order valence-corrected chi connectivity index (χ3v) is 3.03. The minimum atomic E-state index is -4.56. The Hall–Kier alpha value is -2.90. The Morgan fingerprint density at radius 3 is 2.12 bits per heavy atom. The first kappa shape index (κ1) is 17.5. The van der Waals surface area contributed by atoms with Gasteiger partial charge in [0.1, 0.15) is 5.69 Å². The van der Waals surface area contributed by atoms with Crippen molar-refractivity contribution in [2.45, 2.75) is 19.3 Å². The van der Waals surface area contributed by atoms with Crippen LogP contribution in [0.3, 0.4) is 0 Å². The van der Waals surface area contributed by atoms with Crippen molar-refractivity contribution in [3.8, 4) is 0 Å². The van der Waals surface area contributed by atoms with Gasteiger partial charge < -0.3 is 10.6 Å². The second-order valence-corrected chi connectivity index (χ2v) is 4.86. The Labute approximate surface area is 135 Å². The molecule has 2 amide bonds. The van der Waals surface area contributed by atoms with E-state index < -0.39 is 23.7 Å². The van der Waals surface area contributed by atoms with Gasteiger partial charge in [0.25, 0.3) is 0 Å². The van der Waals surface area contributed by atoms with Gasteiger partial charge in [0.15, 0.2) is 0 Å². The lowest BCUT2D eigenvalue weighted by Crippen LogP contribution is -2.39. The van der Waals surface area contributed by atoms with E-state index in [1.807, 2.05) is 6.07 Å². The summed E-state index contributed by atoms with van der Waals surface area (Å²) in [6, 6.07) is 12.3. The molecule has 0 saturated carbocycles. The number of benzene rings is 1. The lowest BCUT2D eigenvalue weighted by atomic mass is 10.2. The van der Waals surface area contributed by atoms with Crippen molar-refractivity contribution in [3.05, 3.63) is 65.5 Å². The predicted molar refractivity (Wildman–Crippen MR) is 79.4 cm³/mol. The molecule has 0 fully saturated rings. The highest BCUT2D eigenvalue weighted by Crippen LogP contribution is 2.27. The number of carbonyl (C=O) groups is 2. The fourth-order valence-electron chi connectivity index (χ4n) is 1.85. The van der Waals surface area contributed by atoms with Crippen molar-refractivity contribution in [2.75, 3.05) is 0 Å². The number of rotatable bonds is 4. The van der Waals surface area contributed by atoms with Gasteiger partial charge >= 0.3 is 18.0 Å². The maximum absolute atomic E-state index is 12.5. The van der Waals surface area contributed by atoms with E-state index in [-0.39, 0.29) is 18.8 Å². The third kappa shape index (κ3) is 5.08. The van der Waals surface area contributed by atoms with Crippen molar-refractivity contribution >= 4 is 11.8 Å². The minimum absolute atomic E-state index is 0.00837. The van der Waals surface area contributed by atoms with Crippen LogP contribution in [0.5, 0.6) is 0 Å². The van der Waals surface area contributed by atoms with Gasteiger partial charge in [0, 0.05) is 6.54 Å². The van der Waals surface area contributed by atoms with Crippen LogP contribution < -0.4 is 10.6 Å². The lowest BCUT2D eigenvalue weighted by Gasteiger charge is -2.09. The van der Waals surface area contributed by atoms with Crippen molar-refractivity contribution in [1.82, 2.24) is 15.6 Å². The normalized spacial score (nSPS) is 11.0. The SMILES string of the molecule is O=C(NCc1ccccc1)C(=O)NCc1cccc(C(F)(F)F)n1. The van der Waals surface area contributed by atoms with Gasteiger partial charge in [0.2, 0.25) is 0 Å². The van der Waals surface area contributed by atoms with E-state index in [9.17, 15) is 22.8 Å². The van der Waals surface area contributed by atoms with Crippen LogP contribution >= 0.6 is 0 Å². The van der Waals surface area contributed by atoms with E-state index in [0.29, 0.717) is 0 Å². The molecule has 0 bridgehead atoms. The van der Waals surface area contributed by atoms with Crippen LogP contribution in [0.15, 0.2) is 48.5 Å². The van der Waals surface area contributed by atoms with Crippen molar-refractivity contribution in [3.63, 3.8) is 0 Å². The molecule has 0 aliphatic rings. The van der Waals surface area contributed by atoms with Gasteiger partial charge in [-0.25, -0.2) is 4.98 Å². The molecule has 1 aromatic heterocycles. The van der Waals surface area contributed by atoms with Gasteiger partial charge in [-0.3, -0.25) is 9.59 Å². The zero-order valence-electron chi connectivity index (χ0n) is 12.4. The number of amides is 2. The Bertz CT molecular complexity index is 718. The van der Waals surface area contributed by atoms with Gasteiger partial charge in [0.05, 0.1) is 12.2 Å². The van der Waals surface area contributed by atoms with Gasteiger partial charge in [-0.2, -0.15) is 13.2 Å². The first-order valence-electron chi connectivity index (χ1n) is 6.99. The molecule has 1 heterocycles. The highest BCUT2D eigenvalue weighted by atomic mass is 19.4. The molecule has 1 aromatic carbocycles. The summed E-state index contributed by atoms with van der Waals surface area (Å²) in [6.45, 7) is -0.101. The summed E-state index contributed by atoms with van der Waals surface area (Å²) in [5.41, 5.74) is -0.227. The van der Waals surface area contributed by atoms with E-state index in [0.717, 1.165) is 11.6 Å². The molecule has 0 radical (unpaired) electrons. The summed E-state index contributed by atoms with van der Waals surface area (Å²) in [5.74, 6) is -1.81. The molecule has 126 valence electrons. The van der Waals surface area contributed by atoms with Crippen LogP contribution in [0, 0.1) is 0 Å². The highest BCUT2D eigenvalue weighted by molar-refractivity contribution is 6.35. The number of pyridine rings is 1. The molecular formula is C16H14F3N3O2. The van der Waals surface area contributed by atoms with E-state index in [1.165, 1.54) is 12.1 Å². The molecule has 2 aromatic rings. The van der Waals surface area contributed by atoms with Crippen LogP contribution in [-0.2, 0) is 28.9 Å². The first-order valence-corrected chi connectivity index (χ1v) is 6.99.